The lowest BCUT2D eigenvalue weighted by Crippen LogP contribution is -2.12. The van der Waals surface area contributed by atoms with E-state index in [2.05, 4.69) is 41.1 Å². The second-order valence-electron chi connectivity index (χ2n) is 4.24. The van der Waals surface area contributed by atoms with Gasteiger partial charge in [-0.1, -0.05) is 19.1 Å². The van der Waals surface area contributed by atoms with Gasteiger partial charge in [0.15, 0.2) is 0 Å². The number of aliphatic hydroxyl groups excluding tert-OH is 1. The van der Waals surface area contributed by atoms with Gasteiger partial charge in [-0.15, -0.1) is 0 Å². The van der Waals surface area contributed by atoms with Gasteiger partial charge in [0.05, 0.1) is 6.61 Å². The Morgan fingerprint density at radius 2 is 1.89 bits per heavy atom. The van der Waals surface area contributed by atoms with E-state index >= 15 is 0 Å². The summed E-state index contributed by atoms with van der Waals surface area (Å²) in [6, 6.07) is 10.4. The Morgan fingerprint density at radius 3 is 2.50 bits per heavy atom. The fourth-order valence-electron chi connectivity index (χ4n) is 1.96. The Kier molecular flexibility index (Phi) is 3.95. The van der Waals surface area contributed by atoms with E-state index in [1.165, 1.54) is 5.56 Å². The average Bonchev–Trinajstić information content (AvgIpc) is 2.46. The summed E-state index contributed by atoms with van der Waals surface area (Å²) < 4.78 is 0. The summed E-state index contributed by atoms with van der Waals surface area (Å²) in [4.78, 5) is 6.10. The number of benzene rings is 1. The molecule has 0 amide bonds. The van der Waals surface area contributed by atoms with Crippen molar-refractivity contribution in [1.82, 2.24) is 4.98 Å². The molecule has 0 unspecified atom stereocenters. The van der Waals surface area contributed by atoms with E-state index in [1.807, 2.05) is 13.1 Å². The maximum absolute atomic E-state index is 9.33. The zero-order chi connectivity index (χ0) is 13.0. The van der Waals surface area contributed by atoms with Crippen LogP contribution in [0.1, 0.15) is 18.1 Å². The molecule has 0 fully saturated rings. The van der Waals surface area contributed by atoms with E-state index < -0.39 is 0 Å². The molecule has 3 heteroatoms. The second-order valence-corrected chi connectivity index (χ2v) is 4.24. The molecule has 1 aromatic carbocycles. The largest absolute Gasteiger partial charge is 0.392 e. The molecule has 2 rings (SSSR count). The van der Waals surface area contributed by atoms with Gasteiger partial charge in [0.2, 0.25) is 0 Å². The predicted molar refractivity (Wildman–Crippen MR) is 74.0 cm³/mol. The van der Waals surface area contributed by atoms with E-state index in [1.54, 1.807) is 12.4 Å². The summed E-state index contributed by atoms with van der Waals surface area (Å²) in [7, 11) is 2.00. The summed E-state index contributed by atoms with van der Waals surface area (Å²) in [5.74, 6) is 0. The van der Waals surface area contributed by atoms with E-state index in [0.29, 0.717) is 0 Å². The minimum Gasteiger partial charge on any atom is -0.392 e. The van der Waals surface area contributed by atoms with Gasteiger partial charge < -0.3 is 10.0 Å². The van der Waals surface area contributed by atoms with E-state index in [9.17, 15) is 5.11 Å². The standard InChI is InChI=1S/C15H18N2O/c1-3-12-4-6-14(7-5-12)17(2)15-8-9-16-10-13(15)11-18/h4-10,18H,3,11H2,1-2H3. The molecule has 0 aliphatic rings. The van der Waals surface area contributed by atoms with Crippen LogP contribution in [0.2, 0.25) is 0 Å². The number of pyridine rings is 1. The zero-order valence-corrected chi connectivity index (χ0v) is 10.8. The van der Waals surface area contributed by atoms with Crippen LogP contribution in [0.4, 0.5) is 11.4 Å². The Bertz CT molecular complexity index is 508. The summed E-state index contributed by atoms with van der Waals surface area (Å²) >= 11 is 0. The minimum atomic E-state index is 0.000552. The normalized spacial score (nSPS) is 10.4. The van der Waals surface area contributed by atoms with Crippen molar-refractivity contribution >= 4 is 11.4 Å². The van der Waals surface area contributed by atoms with Gasteiger partial charge >= 0.3 is 0 Å². The molecule has 3 nitrogen and oxygen atoms in total. The van der Waals surface area contributed by atoms with Gasteiger partial charge in [-0.05, 0) is 30.2 Å². The van der Waals surface area contributed by atoms with E-state index in [4.69, 9.17) is 0 Å². The first-order valence-corrected chi connectivity index (χ1v) is 6.12. The lowest BCUT2D eigenvalue weighted by Gasteiger charge is -2.22. The maximum atomic E-state index is 9.33. The number of rotatable bonds is 4. The summed E-state index contributed by atoms with van der Waals surface area (Å²) in [5.41, 5.74) is 4.24. The van der Waals surface area contributed by atoms with Gasteiger partial charge in [-0.25, -0.2) is 0 Å². The van der Waals surface area contributed by atoms with Gasteiger partial charge in [0.25, 0.3) is 0 Å². The van der Waals surface area contributed by atoms with Crippen molar-refractivity contribution in [1.29, 1.82) is 0 Å². The maximum Gasteiger partial charge on any atom is 0.0717 e. The number of aromatic nitrogens is 1. The molecule has 0 aliphatic heterocycles. The van der Waals surface area contributed by atoms with Crippen LogP contribution in [-0.4, -0.2) is 17.1 Å². The van der Waals surface area contributed by atoms with Crippen molar-refractivity contribution in [2.75, 3.05) is 11.9 Å². The third-order valence-electron chi connectivity index (χ3n) is 3.14. The second kappa shape index (κ2) is 5.65. The molecule has 0 saturated carbocycles. The number of aliphatic hydroxyl groups is 1. The highest BCUT2D eigenvalue weighted by Crippen LogP contribution is 2.26. The molecule has 94 valence electrons. The molecule has 0 aliphatic carbocycles. The number of nitrogens with zero attached hydrogens (tertiary/aromatic N) is 2. The smallest absolute Gasteiger partial charge is 0.0717 e. The van der Waals surface area contributed by atoms with E-state index in [-0.39, 0.29) is 6.61 Å². The fraction of sp³-hybridized carbons (Fsp3) is 0.267. The molecule has 0 saturated heterocycles. The number of aryl methyl sites for hydroxylation is 1. The molecule has 0 spiro atoms. The van der Waals surface area contributed by atoms with Crippen LogP contribution in [0.15, 0.2) is 42.7 Å². The van der Waals surface area contributed by atoms with Crippen LogP contribution in [0.25, 0.3) is 0 Å². The zero-order valence-electron chi connectivity index (χ0n) is 10.8. The fourth-order valence-corrected chi connectivity index (χ4v) is 1.96. The number of hydrogen-bond acceptors (Lipinski definition) is 3. The van der Waals surface area contributed by atoms with Crippen molar-refractivity contribution in [3.05, 3.63) is 53.9 Å². The quantitative estimate of drug-likeness (QED) is 0.895. The molecule has 0 bridgehead atoms. The molecule has 0 atom stereocenters. The van der Waals surface area contributed by atoms with Gasteiger partial charge in [-0.2, -0.15) is 0 Å². The lowest BCUT2D eigenvalue weighted by molar-refractivity contribution is 0.282. The molecule has 18 heavy (non-hydrogen) atoms. The first-order valence-electron chi connectivity index (χ1n) is 6.12. The van der Waals surface area contributed by atoms with Gasteiger partial charge in [0, 0.05) is 36.4 Å². The number of hydrogen-bond donors (Lipinski definition) is 1. The van der Waals surface area contributed by atoms with Crippen LogP contribution in [-0.2, 0) is 13.0 Å². The third-order valence-corrected chi connectivity index (χ3v) is 3.14. The minimum absolute atomic E-state index is 0.000552. The van der Waals surface area contributed by atoms with Crippen molar-refractivity contribution in [3.8, 4) is 0 Å². The van der Waals surface area contributed by atoms with Crippen molar-refractivity contribution in [3.63, 3.8) is 0 Å². The first kappa shape index (κ1) is 12.6. The Labute approximate surface area is 108 Å². The molecule has 1 heterocycles. The lowest BCUT2D eigenvalue weighted by atomic mass is 10.1. The predicted octanol–water partition coefficient (Wildman–Crippen LogP) is 2.90. The van der Waals surface area contributed by atoms with Gasteiger partial charge in [0.1, 0.15) is 0 Å². The first-order chi connectivity index (χ1) is 8.76. The highest BCUT2D eigenvalue weighted by molar-refractivity contribution is 5.65. The topological polar surface area (TPSA) is 36.4 Å². The number of anilines is 2. The summed E-state index contributed by atoms with van der Waals surface area (Å²) in [5, 5.41) is 9.33. The van der Waals surface area contributed by atoms with Gasteiger partial charge in [-0.3, -0.25) is 4.98 Å². The molecular formula is C15H18N2O. The highest BCUT2D eigenvalue weighted by atomic mass is 16.3. The molecule has 0 radical (unpaired) electrons. The molecule has 1 aromatic heterocycles. The van der Waals surface area contributed by atoms with Crippen molar-refractivity contribution in [2.45, 2.75) is 20.0 Å². The van der Waals surface area contributed by atoms with Crippen LogP contribution in [0, 0.1) is 0 Å². The van der Waals surface area contributed by atoms with E-state index in [0.717, 1.165) is 23.4 Å². The Balaban J connectivity index is 2.31. The monoisotopic (exact) mass is 242 g/mol. The van der Waals surface area contributed by atoms with Crippen LogP contribution < -0.4 is 4.90 Å². The summed E-state index contributed by atoms with van der Waals surface area (Å²) in [6.45, 7) is 2.14. The SMILES string of the molecule is CCc1ccc(N(C)c2ccncc2CO)cc1. The highest BCUT2D eigenvalue weighted by Gasteiger charge is 2.08. The molecule has 2 aromatic rings. The van der Waals surface area contributed by atoms with Crippen molar-refractivity contribution < 1.29 is 5.11 Å². The Morgan fingerprint density at radius 1 is 1.17 bits per heavy atom. The molecule has 1 N–H and O–H groups in total. The van der Waals surface area contributed by atoms with Crippen molar-refractivity contribution in [2.24, 2.45) is 0 Å². The van der Waals surface area contributed by atoms with Crippen LogP contribution in [0.5, 0.6) is 0 Å². The van der Waals surface area contributed by atoms with Crippen LogP contribution >= 0.6 is 0 Å². The molecular weight excluding hydrogens is 224 g/mol. The summed E-state index contributed by atoms with van der Waals surface area (Å²) in [6.07, 6.45) is 4.48. The third kappa shape index (κ3) is 2.51. The average molecular weight is 242 g/mol. The Hall–Kier alpha value is -1.87. The van der Waals surface area contributed by atoms with Crippen LogP contribution in [0.3, 0.4) is 0 Å².